The van der Waals surface area contributed by atoms with E-state index in [0.29, 0.717) is 51.2 Å². The predicted molar refractivity (Wildman–Crippen MR) is 119 cm³/mol. The third-order valence-corrected chi connectivity index (χ3v) is 5.32. The standard InChI is InChI=1S/C22H18Cl2N4O3/c1-12-19-17(27-28-21(29)13-5-7-25-8-6-13)3-2-4-18(19)31-20(12)22(30)26-16-10-14(23)9-15(24)11-16/h5-11H,2-4H2,1H3,(H,26,30)(H,28,29)/b27-17+. The number of nitrogens with one attached hydrogen (secondary N) is 2. The zero-order valence-electron chi connectivity index (χ0n) is 16.5. The minimum absolute atomic E-state index is 0.191. The number of aryl methyl sites for hydroxylation is 1. The monoisotopic (exact) mass is 456 g/mol. The third-order valence-electron chi connectivity index (χ3n) is 4.89. The van der Waals surface area contributed by atoms with Crippen molar-refractivity contribution in [1.29, 1.82) is 0 Å². The second-order valence-corrected chi connectivity index (χ2v) is 7.93. The Balaban J connectivity index is 1.58. The van der Waals surface area contributed by atoms with Gasteiger partial charge in [0.1, 0.15) is 5.76 Å². The summed E-state index contributed by atoms with van der Waals surface area (Å²) < 4.78 is 5.87. The molecule has 9 heteroatoms. The van der Waals surface area contributed by atoms with E-state index in [1.807, 2.05) is 0 Å². The number of anilines is 1. The number of benzene rings is 1. The topological polar surface area (TPSA) is 96.6 Å². The van der Waals surface area contributed by atoms with E-state index < -0.39 is 5.91 Å². The highest BCUT2D eigenvalue weighted by atomic mass is 35.5. The maximum atomic E-state index is 12.8. The molecule has 1 aliphatic rings. The van der Waals surface area contributed by atoms with Crippen LogP contribution in [0.25, 0.3) is 0 Å². The number of hydrazone groups is 1. The zero-order chi connectivity index (χ0) is 22.0. The number of carbonyl (C=O) groups is 2. The Labute approximate surface area is 188 Å². The van der Waals surface area contributed by atoms with Crippen LogP contribution >= 0.6 is 23.2 Å². The molecule has 1 aromatic carbocycles. The van der Waals surface area contributed by atoms with Gasteiger partial charge in [0.15, 0.2) is 5.76 Å². The average molecular weight is 457 g/mol. The van der Waals surface area contributed by atoms with E-state index in [4.69, 9.17) is 27.6 Å². The minimum Gasteiger partial charge on any atom is -0.455 e. The molecule has 2 heterocycles. The average Bonchev–Trinajstić information content (AvgIpc) is 3.09. The van der Waals surface area contributed by atoms with Crippen LogP contribution in [0.2, 0.25) is 10.0 Å². The van der Waals surface area contributed by atoms with Crippen LogP contribution in [0, 0.1) is 6.92 Å². The Kier molecular flexibility index (Phi) is 6.06. The van der Waals surface area contributed by atoms with Crippen molar-refractivity contribution >= 4 is 46.4 Å². The summed E-state index contributed by atoms with van der Waals surface area (Å²) in [7, 11) is 0. The van der Waals surface area contributed by atoms with E-state index in [1.165, 1.54) is 0 Å². The molecule has 2 N–H and O–H groups in total. The van der Waals surface area contributed by atoms with Gasteiger partial charge in [-0.2, -0.15) is 5.10 Å². The highest BCUT2D eigenvalue weighted by Gasteiger charge is 2.28. The SMILES string of the molecule is Cc1c(C(=O)Nc2cc(Cl)cc(Cl)c2)oc2c1/C(=N/NC(=O)c1ccncc1)CCC2. The molecule has 0 saturated carbocycles. The molecule has 2 aromatic heterocycles. The first-order chi connectivity index (χ1) is 14.9. The quantitative estimate of drug-likeness (QED) is 0.538. The van der Waals surface area contributed by atoms with Gasteiger partial charge < -0.3 is 9.73 Å². The number of rotatable bonds is 4. The summed E-state index contributed by atoms with van der Waals surface area (Å²) in [6.07, 6.45) is 5.23. The highest BCUT2D eigenvalue weighted by Crippen LogP contribution is 2.31. The van der Waals surface area contributed by atoms with Gasteiger partial charge in [-0.15, -0.1) is 0 Å². The highest BCUT2D eigenvalue weighted by molar-refractivity contribution is 6.35. The molecular formula is C22H18Cl2N4O3. The van der Waals surface area contributed by atoms with Crippen LogP contribution in [0.4, 0.5) is 5.69 Å². The molecule has 0 fully saturated rings. The predicted octanol–water partition coefficient (Wildman–Crippen LogP) is 5.01. The zero-order valence-corrected chi connectivity index (χ0v) is 18.0. The first-order valence-electron chi connectivity index (χ1n) is 9.59. The van der Waals surface area contributed by atoms with Gasteiger partial charge in [0, 0.05) is 51.2 Å². The Morgan fingerprint density at radius 1 is 1.06 bits per heavy atom. The number of furan rings is 1. The lowest BCUT2D eigenvalue weighted by Gasteiger charge is -2.13. The summed E-state index contributed by atoms with van der Waals surface area (Å²) >= 11 is 12.0. The first-order valence-corrected chi connectivity index (χ1v) is 10.3. The Morgan fingerprint density at radius 2 is 1.77 bits per heavy atom. The number of nitrogens with zero attached hydrogens (tertiary/aromatic N) is 2. The molecule has 158 valence electrons. The van der Waals surface area contributed by atoms with Crippen molar-refractivity contribution in [3.8, 4) is 0 Å². The summed E-state index contributed by atoms with van der Waals surface area (Å²) in [5.41, 5.74) is 5.60. The van der Waals surface area contributed by atoms with Crippen molar-refractivity contribution in [3.63, 3.8) is 0 Å². The van der Waals surface area contributed by atoms with Crippen LogP contribution in [0.3, 0.4) is 0 Å². The number of fused-ring (bicyclic) bond motifs is 1. The lowest BCUT2D eigenvalue weighted by atomic mass is 9.93. The third kappa shape index (κ3) is 4.62. The number of hydrogen-bond donors (Lipinski definition) is 2. The fourth-order valence-electron chi connectivity index (χ4n) is 3.50. The summed E-state index contributed by atoms with van der Waals surface area (Å²) in [4.78, 5) is 29.0. The lowest BCUT2D eigenvalue weighted by molar-refractivity contribution is 0.0953. The Morgan fingerprint density at radius 3 is 2.48 bits per heavy atom. The molecule has 0 radical (unpaired) electrons. The van der Waals surface area contributed by atoms with Crippen molar-refractivity contribution in [2.75, 3.05) is 5.32 Å². The van der Waals surface area contributed by atoms with Crippen molar-refractivity contribution in [3.05, 3.63) is 81.0 Å². The Bertz CT molecular complexity index is 1170. The van der Waals surface area contributed by atoms with Crippen molar-refractivity contribution in [2.45, 2.75) is 26.2 Å². The molecule has 2 amide bonds. The second-order valence-electron chi connectivity index (χ2n) is 7.06. The summed E-state index contributed by atoms with van der Waals surface area (Å²) in [6.45, 7) is 1.80. The normalized spacial score (nSPS) is 14.2. The van der Waals surface area contributed by atoms with E-state index in [-0.39, 0.29) is 11.7 Å². The number of halogens is 2. The van der Waals surface area contributed by atoms with Crippen LogP contribution in [0.5, 0.6) is 0 Å². The van der Waals surface area contributed by atoms with Crippen LogP contribution in [-0.4, -0.2) is 22.5 Å². The van der Waals surface area contributed by atoms with E-state index in [1.54, 1.807) is 49.6 Å². The first kappa shape index (κ1) is 21.1. The van der Waals surface area contributed by atoms with Gasteiger partial charge in [-0.3, -0.25) is 14.6 Å². The summed E-state index contributed by atoms with van der Waals surface area (Å²) in [5.74, 6) is 0.121. The largest absolute Gasteiger partial charge is 0.455 e. The number of hydrogen-bond acceptors (Lipinski definition) is 5. The molecule has 31 heavy (non-hydrogen) atoms. The van der Waals surface area contributed by atoms with Gasteiger partial charge in [-0.1, -0.05) is 23.2 Å². The molecular weight excluding hydrogens is 439 g/mol. The lowest BCUT2D eigenvalue weighted by Crippen LogP contribution is -2.22. The maximum absolute atomic E-state index is 12.8. The van der Waals surface area contributed by atoms with Crippen LogP contribution in [0.15, 0.2) is 52.2 Å². The smallest absolute Gasteiger partial charge is 0.291 e. The molecule has 1 aliphatic carbocycles. The number of amides is 2. The fraction of sp³-hybridized carbons (Fsp3) is 0.182. The minimum atomic E-state index is -0.412. The van der Waals surface area contributed by atoms with E-state index in [2.05, 4.69) is 20.8 Å². The van der Waals surface area contributed by atoms with Crippen LogP contribution in [0.1, 0.15) is 50.6 Å². The Hall–Kier alpha value is -3.16. The van der Waals surface area contributed by atoms with Gasteiger partial charge in [-0.25, -0.2) is 5.43 Å². The molecule has 4 rings (SSSR count). The molecule has 0 saturated heterocycles. The molecule has 3 aromatic rings. The fourth-order valence-corrected chi connectivity index (χ4v) is 4.02. The summed E-state index contributed by atoms with van der Waals surface area (Å²) in [5, 5.41) is 7.90. The maximum Gasteiger partial charge on any atom is 0.291 e. The van der Waals surface area contributed by atoms with Crippen molar-refractivity contribution in [1.82, 2.24) is 10.4 Å². The van der Waals surface area contributed by atoms with Gasteiger partial charge in [-0.05, 0) is 50.1 Å². The van der Waals surface area contributed by atoms with E-state index >= 15 is 0 Å². The molecule has 0 atom stereocenters. The van der Waals surface area contributed by atoms with Gasteiger partial charge in [0.05, 0.1) is 5.71 Å². The number of pyridine rings is 1. The number of aromatic nitrogens is 1. The second kappa shape index (κ2) is 8.91. The van der Waals surface area contributed by atoms with Gasteiger partial charge >= 0.3 is 0 Å². The molecule has 0 bridgehead atoms. The van der Waals surface area contributed by atoms with Crippen LogP contribution in [-0.2, 0) is 6.42 Å². The van der Waals surface area contributed by atoms with Crippen molar-refractivity contribution in [2.24, 2.45) is 5.10 Å². The molecule has 0 aliphatic heterocycles. The van der Waals surface area contributed by atoms with Gasteiger partial charge in [0.25, 0.3) is 11.8 Å². The van der Waals surface area contributed by atoms with Crippen molar-refractivity contribution < 1.29 is 14.0 Å². The van der Waals surface area contributed by atoms with E-state index in [0.717, 1.165) is 12.0 Å². The summed E-state index contributed by atoms with van der Waals surface area (Å²) in [6, 6.07) is 8.00. The molecule has 7 nitrogen and oxygen atoms in total. The molecule has 0 unspecified atom stereocenters. The molecule has 0 spiro atoms. The number of carbonyl (C=O) groups excluding carboxylic acids is 2. The van der Waals surface area contributed by atoms with Gasteiger partial charge in [0.2, 0.25) is 0 Å². The van der Waals surface area contributed by atoms with Crippen LogP contribution < -0.4 is 10.7 Å². The van der Waals surface area contributed by atoms with E-state index in [9.17, 15) is 9.59 Å².